The fourth-order valence-corrected chi connectivity index (χ4v) is 3.49. The molecular weight excluding hydrogens is 254 g/mol. The zero-order valence-corrected chi connectivity index (χ0v) is 11.4. The highest BCUT2D eigenvalue weighted by atomic mass is 16.2. The van der Waals surface area contributed by atoms with E-state index in [0.717, 1.165) is 50.2 Å². The third-order valence-electron chi connectivity index (χ3n) is 4.58. The molecule has 0 spiro atoms. The standard InChI is InChI=1S/C14H19N5O/c20-14-18-4-2-1-3-13(18)16-19(14)6-5-17-9-11-7-15-8-12(11)10-17/h1-4,11-12,15H,5-10H2. The Morgan fingerprint density at radius 1 is 1.20 bits per heavy atom. The van der Waals surface area contributed by atoms with Crippen molar-refractivity contribution in [3.8, 4) is 0 Å². The van der Waals surface area contributed by atoms with E-state index in [2.05, 4.69) is 15.3 Å². The van der Waals surface area contributed by atoms with Crippen LogP contribution in [0.5, 0.6) is 0 Å². The predicted octanol–water partition coefficient (Wildman–Crippen LogP) is -0.353. The van der Waals surface area contributed by atoms with Crippen molar-refractivity contribution in [2.75, 3.05) is 32.7 Å². The second-order valence-electron chi connectivity index (χ2n) is 5.87. The van der Waals surface area contributed by atoms with Crippen molar-refractivity contribution in [3.05, 3.63) is 34.9 Å². The van der Waals surface area contributed by atoms with Gasteiger partial charge in [0, 0.05) is 25.8 Å². The Hall–Kier alpha value is -1.66. The van der Waals surface area contributed by atoms with Gasteiger partial charge in [-0.3, -0.25) is 4.40 Å². The first kappa shape index (κ1) is 12.1. The SMILES string of the molecule is O=c1n(CCN2CC3CNCC3C2)nc2ccccn12. The molecule has 2 saturated heterocycles. The van der Waals surface area contributed by atoms with Crippen LogP contribution in [0.3, 0.4) is 0 Å². The molecule has 2 fully saturated rings. The van der Waals surface area contributed by atoms with Crippen molar-refractivity contribution in [2.45, 2.75) is 6.54 Å². The van der Waals surface area contributed by atoms with Gasteiger partial charge in [-0.1, -0.05) is 6.07 Å². The van der Waals surface area contributed by atoms with Crippen molar-refractivity contribution >= 4 is 5.65 Å². The summed E-state index contributed by atoms with van der Waals surface area (Å²) in [5, 5.41) is 7.82. The molecule has 1 N–H and O–H groups in total. The summed E-state index contributed by atoms with van der Waals surface area (Å²) in [6.45, 7) is 6.19. The Balaban J connectivity index is 1.46. The molecule has 0 aliphatic carbocycles. The third kappa shape index (κ3) is 1.96. The molecule has 2 aromatic heterocycles. The van der Waals surface area contributed by atoms with E-state index in [4.69, 9.17) is 0 Å². The maximum atomic E-state index is 12.2. The molecule has 0 radical (unpaired) electrons. The minimum atomic E-state index is -0.0401. The highest BCUT2D eigenvalue weighted by Gasteiger charge is 2.35. The second-order valence-corrected chi connectivity index (χ2v) is 5.87. The molecular formula is C14H19N5O. The van der Waals surface area contributed by atoms with Crippen molar-refractivity contribution < 1.29 is 0 Å². The lowest BCUT2D eigenvalue weighted by Crippen LogP contribution is -2.32. The lowest BCUT2D eigenvalue weighted by Gasteiger charge is -2.16. The van der Waals surface area contributed by atoms with Crippen LogP contribution in [0, 0.1) is 11.8 Å². The van der Waals surface area contributed by atoms with Crippen LogP contribution in [0.1, 0.15) is 0 Å². The first-order valence-corrected chi connectivity index (χ1v) is 7.28. The van der Waals surface area contributed by atoms with E-state index in [1.54, 1.807) is 15.3 Å². The summed E-state index contributed by atoms with van der Waals surface area (Å²) in [5.74, 6) is 1.60. The van der Waals surface area contributed by atoms with E-state index in [1.807, 2.05) is 18.2 Å². The molecule has 0 aromatic carbocycles. The Bertz CT molecular complexity index is 663. The van der Waals surface area contributed by atoms with Gasteiger partial charge in [0.1, 0.15) is 0 Å². The molecule has 106 valence electrons. The number of rotatable bonds is 3. The molecule has 4 rings (SSSR count). The van der Waals surface area contributed by atoms with Gasteiger partial charge in [0.25, 0.3) is 0 Å². The first-order chi connectivity index (χ1) is 9.81. The minimum Gasteiger partial charge on any atom is -0.316 e. The van der Waals surface area contributed by atoms with Gasteiger partial charge in [-0.25, -0.2) is 9.48 Å². The zero-order valence-electron chi connectivity index (χ0n) is 11.4. The van der Waals surface area contributed by atoms with Crippen LogP contribution < -0.4 is 11.0 Å². The Kier molecular flexibility index (Phi) is 2.85. The number of likely N-dealkylation sites (tertiary alicyclic amines) is 1. The van der Waals surface area contributed by atoms with Gasteiger partial charge in [-0.2, -0.15) is 0 Å². The Morgan fingerprint density at radius 3 is 2.75 bits per heavy atom. The molecule has 2 aromatic rings. The van der Waals surface area contributed by atoms with E-state index < -0.39 is 0 Å². The number of fused-ring (bicyclic) bond motifs is 2. The maximum Gasteiger partial charge on any atom is 0.350 e. The average Bonchev–Trinajstić information content (AvgIpc) is 3.11. The topological polar surface area (TPSA) is 54.6 Å². The van der Waals surface area contributed by atoms with Crippen LogP contribution in [0.2, 0.25) is 0 Å². The van der Waals surface area contributed by atoms with Crippen LogP contribution in [0.4, 0.5) is 0 Å². The zero-order chi connectivity index (χ0) is 13.5. The van der Waals surface area contributed by atoms with Crippen LogP contribution in [-0.2, 0) is 6.54 Å². The second kappa shape index (κ2) is 4.71. The van der Waals surface area contributed by atoms with Gasteiger partial charge in [0.05, 0.1) is 6.54 Å². The van der Waals surface area contributed by atoms with Gasteiger partial charge in [-0.05, 0) is 37.1 Å². The minimum absolute atomic E-state index is 0.0401. The fourth-order valence-electron chi connectivity index (χ4n) is 3.49. The average molecular weight is 273 g/mol. The molecule has 2 atom stereocenters. The summed E-state index contributed by atoms with van der Waals surface area (Å²) in [6.07, 6.45) is 1.77. The van der Waals surface area contributed by atoms with Crippen molar-refractivity contribution in [3.63, 3.8) is 0 Å². The number of hydrogen-bond acceptors (Lipinski definition) is 4. The van der Waals surface area contributed by atoms with Crippen LogP contribution in [0.25, 0.3) is 5.65 Å². The smallest absolute Gasteiger partial charge is 0.316 e. The molecule has 2 aliphatic rings. The summed E-state index contributed by atoms with van der Waals surface area (Å²) >= 11 is 0. The van der Waals surface area contributed by atoms with Crippen molar-refractivity contribution in [1.82, 2.24) is 24.4 Å². The van der Waals surface area contributed by atoms with Crippen molar-refractivity contribution in [1.29, 1.82) is 0 Å². The molecule has 20 heavy (non-hydrogen) atoms. The number of aromatic nitrogens is 3. The molecule has 2 unspecified atom stereocenters. The molecule has 4 heterocycles. The van der Waals surface area contributed by atoms with Gasteiger partial charge in [0.2, 0.25) is 0 Å². The van der Waals surface area contributed by atoms with E-state index in [9.17, 15) is 4.79 Å². The number of pyridine rings is 1. The van der Waals surface area contributed by atoms with E-state index >= 15 is 0 Å². The first-order valence-electron chi connectivity index (χ1n) is 7.28. The highest BCUT2D eigenvalue weighted by Crippen LogP contribution is 2.25. The van der Waals surface area contributed by atoms with E-state index in [1.165, 1.54) is 0 Å². The summed E-state index contributed by atoms with van der Waals surface area (Å²) in [6, 6.07) is 5.62. The number of nitrogens with zero attached hydrogens (tertiary/aromatic N) is 4. The highest BCUT2D eigenvalue weighted by molar-refractivity contribution is 5.35. The monoisotopic (exact) mass is 273 g/mol. The maximum absolute atomic E-state index is 12.2. The van der Waals surface area contributed by atoms with Crippen LogP contribution >= 0.6 is 0 Å². The molecule has 6 heteroatoms. The largest absolute Gasteiger partial charge is 0.350 e. The lowest BCUT2D eigenvalue weighted by atomic mass is 10.0. The normalized spacial score (nSPS) is 26.4. The lowest BCUT2D eigenvalue weighted by molar-refractivity contribution is 0.292. The summed E-state index contributed by atoms with van der Waals surface area (Å²) in [7, 11) is 0. The summed E-state index contributed by atoms with van der Waals surface area (Å²) < 4.78 is 3.18. The summed E-state index contributed by atoms with van der Waals surface area (Å²) in [5.41, 5.74) is 0.682. The van der Waals surface area contributed by atoms with Gasteiger partial charge in [0.15, 0.2) is 5.65 Å². The molecule has 0 bridgehead atoms. The molecule has 0 saturated carbocycles. The molecule has 0 amide bonds. The molecule has 6 nitrogen and oxygen atoms in total. The Morgan fingerprint density at radius 2 is 2.00 bits per heavy atom. The van der Waals surface area contributed by atoms with Crippen LogP contribution in [0.15, 0.2) is 29.2 Å². The van der Waals surface area contributed by atoms with Gasteiger partial charge >= 0.3 is 5.69 Å². The number of nitrogens with one attached hydrogen (secondary N) is 1. The Labute approximate surface area is 117 Å². The third-order valence-corrected chi connectivity index (χ3v) is 4.58. The number of hydrogen-bond donors (Lipinski definition) is 1. The van der Waals surface area contributed by atoms with E-state index in [-0.39, 0.29) is 5.69 Å². The van der Waals surface area contributed by atoms with E-state index in [0.29, 0.717) is 6.54 Å². The fraction of sp³-hybridized carbons (Fsp3) is 0.571. The van der Waals surface area contributed by atoms with Gasteiger partial charge in [-0.15, -0.1) is 5.10 Å². The van der Waals surface area contributed by atoms with Crippen LogP contribution in [-0.4, -0.2) is 51.8 Å². The van der Waals surface area contributed by atoms with Gasteiger partial charge < -0.3 is 10.2 Å². The predicted molar refractivity (Wildman–Crippen MR) is 75.7 cm³/mol. The van der Waals surface area contributed by atoms with Crippen molar-refractivity contribution in [2.24, 2.45) is 11.8 Å². The summed E-state index contributed by atoms with van der Waals surface area (Å²) in [4.78, 5) is 14.6. The molecule has 2 aliphatic heterocycles. The quantitative estimate of drug-likeness (QED) is 0.830.